The third-order valence-electron chi connectivity index (χ3n) is 4.31. The molecule has 26 heavy (non-hydrogen) atoms. The lowest BCUT2D eigenvalue weighted by atomic mass is 10.1. The second-order valence-electron chi connectivity index (χ2n) is 5.93. The van der Waals surface area contributed by atoms with E-state index >= 15 is 0 Å². The molecule has 0 fully saturated rings. The number of nitrogens with zero attached hydrogens (tertiary/aromatic N) is 5. The summed E-state index contributed by atoms with van der Waals surface area (Å²) >= 11 is 0. The van der Waals surface area contributed by atoms with Crippen LogP contribution in [0.1, 0.15) is 23.0 Å². The van der Waals surface area contributed by atoms with Gasteiger partial charge in [-0.05, 0) is 5.56 Å². The quantitative estimate of drug-likeness (QED) is 0.754. The maximum absolute atomic E-state index is 12.3. The van der Waals surface area contributed by atoms with E-state index in [9.17, 15) is 14.9 Å². The minimum Gasteiger partial charge on any atom is -0.356 e. The summed E-state index contributed by atoms with van der Waals surface area (Å²) in [5.41, 5.74) is -0.378. The van der Waals surface area contributed by atoms with E-state index < -0.39 is 17.3 Å². The fraction of sp³-hybridized carbons (Fsp3) is 0.222. The average Bonchev–Trinajstić information content (AvgIpc) is 3.08. The Bertz CT molecular complexity index is 1100. The Morgan fingerprint density at radius 2 is 1.81 bits per heavy atom. The maximum atomic E-state index is 12.3. The Hall–Kier alpha value is -3.60. The maximum Gasteiger partial charge on any atom is 0.332 e. The lowest BCUT2D eigenvalue weighted by molar-refractivity contribution is 0.672. The monoisotopic (exact) mass is 350 g/mol. The van der Waals surface area contributed by atoms with E-state index in [4.69, 9.17) is 0 Å². The Morgan fingerprint density at radius 1 is 1.12 bits per heavy atom. The summed E-state index contributed by atoms with van der Waals surface area (Å²) in [4.78, 5) is 29.0. The van der Waals surface area contributed by atoms with E-state index in [1.807, 2.05) is 48.0 Å². The molecule has 0 saturated heterocycles. The van der Waals surface area contributed by atoms with E-state index in [0.717, 1.165) is 10.1 Å². The van der Waals surface area contributed by atoms with Gasteiger partial charge in [0.05, 0.1) is 0 Å². The highest BCUT2D eigenvalue weighted by Gasteiger charge is 2.23. The molecule has 0 spiro atoms. The second-order valence-corrected chi connectivity index (χ2v) is 5.93. The van der Waals surface area contributed by atoms with Gasteiger partial charge in [0.15, 0.2) is 5.56 Å². The molecule has 2 heterocycles. The van der Waals surface area contributed by atoms with E-state index in [1.165, 1.54) is 18.7 Å². The van der Waals surface area contributed by atoms with Crippen LogP contribution in [0.15, 0.2) is 52.3 Å². The fourth-order valence-electron chi connectivity index (χ4n) is 2.85. The smallest absolute Gasteiger partial charge is 0.332 e. The first kappa shape index (κ1) is 17.2. The van der Waals surface area contributed by atoms with Crippen LogP contribution in [0.2, 0.25) is 0 Å². The number of hydrogen-bond donors (Lipinski definition) is 1. The number of anilines is 1. The Balaban J connectivity index is 2.22. The summed E-state index contributed by atoms with van der Waals surface area (Å²) < 4.78 is 4.02. The minimum atomic E-state index is -0.634. The Morgan fingerprint density at radius 3 is 2.38 bits per heavy atom. The van der Waals surface area contributed by atoms with Crippen LogP contribution in [0.5, 0.6) is 0 Å². The molecular weight excluding hydrogens is 332 g/mol. The summed E-state index contributed by atoms with van der Waals surface area (Å²) in [5, 5.41) is 12.6. The highest BCUT2D eigenvalue weighted by molar-refractivity contribution is 5.53. The van der Waals surface area contributed by atoms with Gasteiger partial charge < -0.3 is 9.88 Å². The third-order valence-corrected chi connectivity index (χ3v) is 4.31. The molecule has 0 unspecified atom stereocenters. The van der Waals surface area contributed by atoms with Gasteiger partial charge in [0.25, 0.3) is 5.56 Å². The van der Waals surface area contributed by atoms with Crippen molar-refractivity contribution in [1.29, 1.82) is 5.26 Å². The molecule has 0 radical (unpaired) electrons. The van der Waals surface area contributed by atoms with Crippen LogP contribution in [0.25, 0.3) is 0 Å². The highest BCUT2D eigenvalue weighted by atomic mass is 16.2. The number of aryl methyl sites for hydroxylation is 1. The van der Waals surface area contributed by atoms with Crippen LogP contribution in [0.3, 0.4) is 0 Å². The number of hydrogen-bond acceptors (Lipinski definition) is 5. The Labute approximate surface area is 149 Å². The molecule has 1 N–H and O–H groups in total. The zero-order valence-corrected chi connectivity index (χ0v) is 14.7. The summed E-state index contributed by atoms with van der Waals surface area (Å²) in [5.74, 6) is 0.852. The lowest BCUT2D eigenvalue weighted by Crippen LogP contribution is -2.40. The normalized spacial score (nSPS) is 11.8. The summed E-state index contributed by atoms with van der Waals surface area (Å²) in [6, 6.07) is 11.0. The van der Waals surface area contributed by atoms with Crippen molar-refractivity contribution in [2.24, 2.45) is 21.1 Å². The van der Waals surface area contributed by atoms with Gasteiger partial charge in [-0.15, -0.1) is 0 Å². The highest BCUT2D eigenvalue weighted by Crippen LogP contribution is 2.25. The molecule has 8 heteroatoms. The fourth-order valence-corrected chi connectivity index (χ4v) is 2.85. The largest absolute Gasteiger partial charge is 0.356 e. The molecule has 0 amide bonds. The number of aromatic nitrogens is 4. The molecule has 0 aliphatic carbocycles. The zero-order chi connectivity index (χ0) is 18.8. The summed E-state index contributed by atoms with van der Waals surface area (Å²) in [6.45, 7) is 0. The topological polar surface area (TPSA) is 97.6 Å². The van der Waals surface area contributed by atoms with Gasteiger partial charge in [-0.3, -0.25) is 13.9 Å². The molecule has 0 saturated carbocycles. The van der Waals surface area contributed by atoms with Crippen molar-refractivity contribution in [3.63, 3.8) is 0 Å². The molecular formula is C18H18N6O2. The van der Waals surface area contributed by atoms with Crippen LogP contribution >= 0.6 is 0 Å². The van der Waals surface area contributed by atoms with Crippen LogP contribution in [-0.4, -0.2) is 18.7 Å². The predicted molar refractivity (Wildman–Crippen MR) is 96.8 cm³/mol. The minimum absolute atomic E-state index is 0.121. The molecule has 1 aromatic carbocycles. The van der Waals surface area contributed by atoms with Gasteiger partial charge in [-0.25, -0.2) is 9.78 Å². The third kappa shape index (κ3) is 2.80. The van der Waals surface area contributed by atoms with Crippen molar-refractivity contribution >= 4 is 5.82 Å². The molecule has 3 rings (SSSR count). The van der Waals surface area contributed by atoms with Crippen LogP contribution in [-0.2, 0) is 21.1 Å². The molecule has 0 aliphatic heterocycles. The molecule has 0 bridgehead atoms. The van der Waals surface area contributed by atoms with E-state index in [0.29, 0.717) is 5.82 Å². The molecule has 1 atom stereocenters. The van der Waals surface area contributed by atoms with E-state index in [1.54, 1.807) is 12.4 Å². The van der Waals surface area contributed by atoms with E-state index in [2.05, 4.69) is 10.3 Å². The first-order valence-corrected chi connectivity index (χ1v) is 7.94. The van der Waals surface area contributed by atoms with Crippen molar-refractivity contribution in [2.45, 2.75) is 6.04 Å². The van der Waals surface area contributed by atoms with Crippen LogP contribution in [0.4, 0.5) is 5.82 Å². The Kier molecular flexibility index (Phi) is 4.45. The van der Waals surface area contributed by atoms with Crippen LogP contribution < -0.4 is 16.6 Å². The molecule has 3 aromatic rings. The van der Waals surface area contributed by atoms with Gasteiger partial charge in [-0.1, -0.05) is 30.3 Å². The second kappa shape index (κ2) is 6.72. The molecule has 0 aliphatic rings. The average molecular weight is 350 g/mol. The van der Waals surface area contributed by atoms with Crippen molar-refractivity contribution in [2.75, 3.05) is 5.32 Å². The number of rotatable bonds is 4. The van der Waals surface area contributed by atoms with Crippen LogP contribution in [0, 0.1) is 11.3 Å². The predicted octanol–water partition coefficient (Wildman–Crippen LogP) is 0.891. The van der Waals surface area contributed by atoms with Crippen molar-refractivity contribution in [3.8, 4) is 6.07 Å². The first-order valence-electron chi connectivity index (χ1n) is 7.94. The molecule has 132 valence electrons. The number of imidazole rings is 1. The van der Waals surface area contributed by atoms with Crippen molar-refractivity contribution in [1.82, 2.24) is 18.7 Å². The van der Waals surface area contributed by atoms with Crippen molar-refractivity contribution < 1.29 is 0 Å². The summed E-state index contributed by atoms with van der Waals surface area (Å²) in [6.07, 6.45) is 3.47. The van der Waals surface area contributed by atoms with Gasteiger partial charge in [0.2, 0.25) is 0 Å². The lowest BCUT2D eigenvalue weighted by Gasteiger charge is -2.22. The molecule has 8 nitrogen and oxygen atoms in total. The van der Waals surface area contributed by atoms with Gasteiger partial charge >= 0.3 is 5.69 Å². The van der Waals surface area contributed by atoms with E-state index in [-0.39, 0.29) is 11.4 Å². The number of nitriles is 1. The van der Waals surface area contributed by atoms with Gasteiger partial charge in [0.1, 0.15) is 23.8 Å². The summed E-state index contributed by atoms with van der Waals surface area (Å²) in [7, 11) is 4.72. The molecule has 2 aromatic heterocycles. The van der Waals surface area contributed by atoms with Gasteiger partial charge in [-0.2, -0.15) is 5.26 Å². The first-order chi connectivity index (χ1) is 12.5. The van der Waals surface area contributed by atoms with Gasteiger partial charge in [0, 0.05) is 33.5 Å². The number of nitrogens with one attached hydrogen (secondary N) is 1. The SMILES string of the molecule is Cn1ccnc1[C@@H](Nc1c(C#N)c(=O)n(C)c(=O)n1C)c1ccccc1. The number of benzene rings is 1. The van der Waals surface area contributed by atoms with Crippen molar-refractivity contribution in [3.05, 3.63) is 80.5 Å². The zero-order valence-electron chi connectivity index (χ0n) is 14.7. The standard InChI is InChI=1S/C18H18N6O2/c1-22-10-9-20-16(22)14(12-7-5-4-6-8-12)21-15-13(11-19)17(25)24(3)18(26)23(15)2/h4-10,14,21H,1-3H3/t14-/m0/s1.